The van der Waals surface area contributed by atoms with Crippen molar-refractivity contribution in [1.82, 2.24) is 9.80 Å². The van der Waals surface area contributed by atoms with Crippen LogP contribution in [0, 0.1) is 0 Å². The fraction of sp³-hybridized carbons (Fsp3) is 0.529. The highest BCUT2D eigenvalue weighted by atomic mass is 16.6. The van der Waals surface area contributed by atoms with E-state index < -0.39 is 5.60 Å². The van der Waals surface area contributed by atoms with Crippen LogP contribution >= 0.6 is 0 Å². The number of methoxy groups -OCH3 is 2. The molecule has 0 aromatic heterocycles. The second-order valence-electron chi connectivity index (χ2n) is 12.0. The van der Waals surface area contributed by atoms with Crippen LogP contribution in [-0.4, -0.2) is 74.5 Å². The van der Waals surface area contributed by atoms with Crippen molar-refractivity contribution in [3.8, 4) is 17.2 Å². The van der Waals surface area contributed by atoms with Crippen molar-refractivity contribution >= 4 is 23.4 Å². The Hall–Kier alpha value is -3.88. The van der Waals surface area contributed by atoms with Gasteiger partial charge in [0.15, 0.2) is 11.5 Å². The number of carbonyl (C=O) groups is 2. The van der Waals surface area contributed by atoms with Crippen LogP contribution in [-0.2, 0) is 11.3 Å². The van der Waals surface area contributed by atoms with Crippen LogP contribution in [0.15, 0.2) is 42.5 Å². The van der Waals surface area contributed by atoms with Crippen LogP contribution in [0.4, 0.5) is 15.3 Å². The first kappa shape index (κ1) is 32.0. The van der Waals surface area contributed by atoms with Crippen molar-refractivity contribution in [1.29, 1.82) is 0 Å². The van der Waals surface area contributed by atoms with Crippen LogP contribution in [0.25, 0.3) is 5.57 Å². The number of nitrogens with zero attached hydrogens (tertiary/aromatic N) is 3. The van der Waals surface area contributed by atoms with E-state index in [-0.39, 0.29) is 12.1 Å². The maximum absolute atomic E-state index is 13.8. The number of carbonyl (C=O) groups excluding carboxylic acids is 2. The van der Waals surface area contributed by atoms with Crippen molar-refractivity contribution in [2.45, 2.75) is 71.9 Å². The van der Waals surface area contributed by atoms with Crippen LogP contribution in [0.1, 0.15) is 70.9 Å². The molecule has 4 rings (SSSR count). The van der Waals surface area contributed by atoms with Gasteiger partial charge in [0.25, 0.3) is 0 Å². The molecule has 0 spiro atoms. The molecule has 43 heavy (non-hydrogen) atoms. The lowest BCUT2D eigenvalue weighted by atomic mass is 9.97. The van der Waals surface area contributed by atoms with Crippen LogP contribution in [0.2, 0.25) is 0 Å². The number of amides is 3. The largest absolute Gasteiger partial charge is 0.496 e. The highest BCUT2D eigenvalue weighted by molar-refractivity contribution is 5.93. The summed E-state index contributed by atoms with van der Waals surface area (Å²) in [5.74, 6) is 2.06. The zero-order valence-electron chi connectivity index (χ0n) is 26.6. The SMILES string of the molecule is CCCCCOc1cc(N2CCCN(Cc3cc(C4=CCN(C(=O)OC(C)(C)C)CC4)ccc3OC)C2=O)ccc1OC. The summed E-state index contributed by atoms with van der Waals surface area (Å²) in [7, 11) is 3.28. The summed E-state index contributed by atoms with van der Waals surface area (Å²) in [6.07, 6.45) is 6.56. The Kier molecular flexibility index (Phi) is 10.8. The van der Waals surface area contributed by atoms with Gasteiger partial charge < -0.3 is 28.7 Å². The Morgan fingerprint density at radius 1 is 0.930 bits per heavy atom. The Morgan fingerprint density at radius 2 is 1.70 bits per heavy atom. The lowest BCUT2D eigenvalue weighted by Crippen LogP contribution is -2.49. The number of hydrogen-bond donors (Lipinski definition) is 0. The van der Waals surface area contributed by atoms with Gasteiger partial charge in [0, 0.05) is 43.5 Å². The van der Waals surface area contributed by atoms with Crippen LogP contribution in [0.3, 0.4) is 0 Å². The predicted octanol–water partition coefficient (Wildman–Crippen LogP) is 7.13. The van der Waals surface area contributed by atoms with Gasteiger partial charge in [0.1, 0.15) is 11.4 Å². The number of urea groups is 1. The molecule has 0 N–H and O–H groups in total. The van der Waals surface area contributed by atoms with E-state index in [0.717, 1.165) is 54.7 Å². The van der Waals surface area contributed by atoms with E-state index in [0.29, 0.717) is 50.8 Å². The van der Waals surface area contributed by atoms with Gasteiger partial charge >= 0.3 is 12.1 Å². The van der Waals surface area contributed by atoms with Gasteiger partial charge in [-0.2, -0.15) is 0 Å². The quantitative estimate of drug-likeness (QED) is 0.258. The molecule has 2 heterocycles. The fourth-order valence-electron chi connectivity index (χ4n) is 5.38. The van der Waals surface area contributed by atoms with Crippen molar-refractivity contribution in [3.05, 3.63) is 53.6 Å². The molecule has 0 atom stereocenters. The van der Waals surface area contributed by atoms with Gasteiger partial charge in [0.05, 0.1) is 27.4 Å². The van der Waals surface area contributed by atoms with Crippen molar-refractivity contribution in [2.75, 3.05) is 51.9 Å². The summed E-state index contributed by atoms with van der Waals surface area (Å²) in [4.78, 5) is 31.7. The van der Waals surface area contributed by atoms with Gasteiger partial charge in [-0.3, -0.25) is 4.90 Å². The molecule has 3 amide bonds. The lowest BCUT2D eigenvalue weighted by Gasteiger charge is -2.36. The summed E-state index contributed by atoms with van der Waals surface area (Å²) in [5, 5.41) is 0. The minimum absolute atomic E-state index is 0.0503. The first-order valence-corrected chi connectivity index (χ1v) is 15.3. The lowest BCUT2D eigenvalue weighted by molar-refractivity contribution is 0.0270. The summed E-state index contributed by atoms with van der Waals surface area (Å²) in [6.45, 7) is 11.2. The molecule has 1 fully saturated rings. The first-order valence-electron chi connectivity index (χ1n) is 15.3. The molecule has 0 radical (unpaired) electrons. The van der Waals surface area contributed by atoms with E-state index >= 15 is 0 Å². The van der Waals surface area contributed by atoms with Gasteiger partial charge in [0.2, 0.25) is 0 Å². The van der Waals surface area contributed by atoms with E-state index in [1.165, 1.54) is 5.57 Å². The Bertz CT molecular complexity index is 1300. The smallest absolute Gasteiger partial charge is 0.410 e. The second kappa shape index (κ2) is 14.5. The number of anilines is 1. The van der Waals surface area contributed by atoms with Gasteiger partial charge in [-0.15, -0.1) is 0 Å². The molecular formula is C34H47N3O6. The predicted molar refractivity (Wildman–Crippen MR) is 169 cm³/mol. The van der Waals surface area contributed by atoms with E-state index in [2.05, 4.69) is 19.1 Å². The third-order valence-corrected chi connectivity index (χ3v) is 7.65. The minimum Gasteiger partial charge on any atom is -0.496 e. The van der Waals surface area contributed by atoms with Crippen molar-refractivity contribution in [3.63, 3.8) is 0 Å². The molecule has 1 saturated heterocycles. The second-order valence-corrected chi connectivity index (χ2v) is 12.0. The zero-order chi connectivity index (χ0) is 31.0. The highest BCUT2D eigenvalue weighted by Crippen LogP contribution is 2.34. The molecule has 2 aliphatic heterocycles. The number of hydrogen-bond acceptors (Lipinski definition) is 6. The molecule has 0 saturated carbocycles. The molecule has 0 bridgehead atoms. The van der Waals surface area contributed by atoms with Crippen molar-refractivity contribution < 1.29 is 28.5 Å². The number of unbranched alkanes of at least 4 members (excludes halogenated alkanes) is 2. The third-order valence-electron chi connectivity index (χ3n) is 7.65. The molecule has 9 nitrogen and oxygen atoms in total. The summed E-state index contributed by atoms with van der Waals surface area (Å²) in [5.41, 5.74) is 3.45. The number of rotatable bonds is 11. The van der Waals surface area contributed by atoms with E-state index in [4.69, 9.17) is 18.9 Å². The van der Waals surface area contributed by atoms with Crippen LogP contribution in [0.5, 0.6) is 17.2 Å². The Balaban J connectivity index is 1.48. The third kappa shape index (κ3) is 8.36. The molecular weight excluding hydrogens is 546 g/mol. The summed E-state index contributed by atoms with van der Waals surface area (Å²) in [6, 6.07) is 11.7. The summed E-state index contributed by atoms with van der Waals surface area (Å²) >= 11 is 0. The van der Waals surface area contributed by atoms with E-state index in [1.54, 1.807) is 19.1 Å². The standard InChI is InChI=1S/C34H47N3O6/c1-7-8-9-21-42-31-23-28(12-14-30(31)41-6)37-18-10-17-36(32(37)38)24-27-22-26(11-13-29(27)40-5)25-15-19-35(20-16-25)33(39)43-34(2,3)4/h11-15,22-23H,7-10,16-21,24H2,1-6H3. The minimum atomic E-state index is -0.523. The average Bonchev–Trinajstić information content (AvgIpc) is 2.99. The molecule has 0 aliphatic carbocycles. The number of benzene rings is 2. The summed E-state index contributed by atoms with van der Waals surface area (Å²) < 4.78 is 22.8. The van der Waals surface area contributed by atoms with E-state index in [1.807, 2.05) is 60.9 Å². The van der Waals surface area contributed by atoms with Crippen LogP contribution < -0.4 is 19.1 Å². The molecule has 2 aliphatic rings. The molecule has 2 aromatic rings. The molecule has 9 heteroatoms. The highest BCUT2D eigenvalue weighted by Gasteiger charge is 2.29. The maximum atomic E-state index is 13.8. The van der Waals surface area contributed by atoms with Gasteiger partial charge in [-0.1, -0.05) is 31.9 Å². The Morgan fingerprint density at radius 3 is 2.37 bits per heavy atom. The van der Waals surface area contributed by atoms with Gasteiger partial charge in [-0.25, -0.2) is 9.59 Å². The average molecular weight is 594 g/mol. The molecule has 2 aromatic carbocycles. The molecule has 234 valence electrons. The van der Waals surface area contributed by atoms with E-state index in [9.17, 15) is 9.59 Å². The molecule has 0 unspecified atom stereocenters. The normalized spacial score (nSPS) is 15.7. The topological polar surface area (TPSA) is 80.8 Å². The first-order chi connectivity index (χ1) is 20.6. The number of ether oxygens (including phenoxy) is 4. The zero-order valence-corrected chi connectivity index (χ0v) is 26.6. The van der Waals surface area contributed by atoms with Gasteiger partial charge in [-0.05, 0) is 75.4 Å². The fourth-order valence-corrected chi connectivity index (χ4v) is 5.38. The maximum Gasteiger partial charge on any atom is 0.410 e. The van der Waals surface area contributed by atoms with Crippen molar-refractivity contribution in [2.24, 2.45) is 0 Å². The Labute approximate surface area is 256 Å². The monoisotopic (exact) mass is 593 g/mol.